The summed E-state index contributed by atoms with van der Waals surface area (Å²) >= 11 is 11.0. The topological polar surface area (TPSA) is 47.3 Å². The van der Waals surface area contributed by atoms with Crippen LogP contribution in [0.2, 0.25) is 5.02 Å². The second-order valence-corrected chi connectivity index (χ2v) is 5.24. The molecule has 2 aromatic rings. The van der Waals surface area contributed by atoms with Gasteiger partial charge in [-0.05, 0) is 42.8 Å². The Hall–Kier alpha value is -1.78. The monoisotopic (exact) mass is 306 g/mol. The minimum absolute atomic E-state index is 0.335. The molecule has 2 aromatic carbocycles. The fourth-order valence-corrected chi connectivity index (χ4v) is 2.29. The molecular formula is C15H15ClN2OS. The lowest BCUT2D eigenvalue weighted by atomic mass is 10.1. The van der Waals surface area contributed by atoms with Crippen molar-refractivity contribution in [3.8, 4) is 5.75 Å². The van der Waals surface area contributed by atoms with Gasteiger partial charge < -0.3 is 15.8 Å². The fourth-order valence-electron chi connectivity index (χ4n) is 1.88. The van der Waals surface area contributed by atoms with E-state index in [9.17, 15) is 0 Å². The van der Waals surface area contributed by atoms with Gasteiger partial charge in [-0.3, -0.25) is 0 Å². The first-order valence-corrected chi connectivity index (χ1v) is 6.81. The van der Waals surface area contributed by atoms with Gasteiger partial charge in [0.05, 0.1) is 12.8 Å². The van der Waals surface area contributed by atoms with Gasteiger partial charge in [0, 0.05) is 22.3 Å². The first kappa shape index (κ1) is 14.6. The summed E-state index contributed by atoms with van der Waals surface area (Å²) in [4.78, 5) is 0.335. The molecule has 0 fully saturated rings. The maximum absolute atomic E-state index is 5.96. The number of thiocarbonyl (C=S) groups is 1. The molecule has 3 nitrogen and oxygen atoms in total. The van der Waals surface area contributed by atoms with Crippen molar-refractivity contribution < 1.29 is 4.74 Å². The number of hydrogen-bond acceptors (Lipinski definition) is 3. The van der Waals surface area contributed by atoms with Gasteiger partial charge in [-0.15, -0.1) is 0 Å². The Balaban J connectivity index is 2.43. The molecule has 0 aliphatic heterocycles. The molecule has 20 heavy (non-hydrogen) atoms. The summed E-state index contributed by atoms with van der Waals surface area (Å²) in [6.07, 6.45) is 0. The number of aryl methyl sites for hydroxylation is 1. The van der Waals surface area contributed by atoms with Crippen molar-refractivity contribution >= 4 is 40.2 Å². The quantitative estimate of drug-likeness (QED) is 0.837. The van der Waals surface area contributed by atoms with Gasteiger partial charge in [0.15, 0.2) is 0 Å². The van der Waals surface area contributed by atoms with Gasteiger partial charge in [0.2, 0.25) is 0 Å². The average Bonchev–Trinajstić information content (AvgIpc) is 2.41. The van der Waals surface area contributed by atoms with E-state index in [1.165, 1.54) is 0 Å². The van der Waals surface area contributed by atoms with E-state index in [2.05, 4.69) is 5.32 Å². The second kappa shape index (κ2) is 6.11. The van der Waals surface area contributed by atoms with Crippen molar-refractivity contribution in [2.45, 2.75) is 6.92 Å². The number of halogens is 1. The van der Waals surface area contributed by atoms with Crippen LogP contribution in [0.25, 0.3) is 0 Å². The molecule has 0 aromatic heterocycles. The fraction of sp³-hybridized carbons (Fsp3) is 0.133. The maximum atomic E-state index is 5.96. The molecule has 0 unspecified atom stereocenters. The van der Waals surface area contributed by atoms with E-state index in [0.29, 0.717) is 10.0 Å². The number of hydrogen-bond donors (Lipinski definition) is 2. The highest BCUT2D eigenvalue weighted by atomic mass is 35.5. The predicted octanol–water partition coefficient (Wildman–Crippen LogP) is 4.03. The number of nitrogens with one attached hydrogen (secondary N) is 1. The molecule has 3 N–H and O–H groups in total. The van der Waals surface area contributed by atoms with Crippen LogP contribution in [0.3, 0.4) is 0 Å². The standard InChI is InChI=1S/C15H15ClN2OS/c1-9-7-10(16)3-6-13(9)18-14-8-11(19-2)4-5-12(14)15(17)20/h3-8,18H,1-2H3,(H2,17,20). The third-order valence-electron chi connectivity index (χ3n) is 2.95. The zero-order valence-electron chi connectivity index (χ0n) is 11.2. The summed E-state index contributed by atoms with van der Waals surface area (Å²) in [7, 11) is 1.62. The van der Waals surface area contributed by atoms with Gasteiger partial charge in [-0.2, -0.15) is 0 Å². The van der Waals surface area contributed by atoms with Crippen molar-refractivity contribution in [2.24, 2.45) is 5.73 Å². The number of rotatable bonds is 4. The Kier molecular flexibility index (Phi) is 4.47. The zero-order chi connectivity index (χ0) is 14.7. The maximum Gasteiger partial charge on any atom is 0.120 e. The van der Waals surface area contributed by atoms with Crippen LogP contribution in [-0.4, -0.2) is 12.1 Å². The van der Waals surface area contributed by atoms with E-state index in [4.69, 9.17) is 34.3 Å². The highest BCUT2D eigenvalue weighted by Crippen LogP contribution is 2.28. The van der Waals surface area contributed by atoms with Crippen LogP contribution in [0.1, 0.15) is 11.1 Å². The molecule has 0 saturated carbocycles. The largest absolute Gasteiger partial charge is 0.497 e. The smallest absolute Gasteiger partial charge is 0.120 e. The van der Waals surface area contributed by atoms with Crippen LogP contribution < -0.4 is 15.8 Å². The van der Waals surface area contributed by atoms with Crippen molar-refractivity contribution in [1.82, 2.24) is 0 Å². The van der Waals surface area contributed by atoms with E-state index in [-0.39, 0.29) is 0 Å². The lowest BCUT2D eigenvalue weighted by molar-refractivity contribution is 0.415. The molecule has 0 bridgehead atoms. The second-order valence-electron chi connectivity index (χ2n) is 4.36. The van der Waals surface area contributed by atoms with Crippen LogP contribution in [0.15, 0.2) is 36.4 Å². The highest BCUT2D eigenvalue weighted by molar-refractivity contribution is 7.80. The van der Waals surface area contributed by atoms with Crippen molar-refractivity contribution in [3.05, 3.63) is 52.5 Å². The summed E-state index contributed by atoms with van der Waals surface area (Å²) in [6.45, 7) is 1.98. The molecule has 2 rings (SSSR count). The van der Waals surface area contributed by atoms with Crippen LogP contribution in [-0.2, 0) is 0 Å². The molecule has 0 saturated heterocycles. The minimum Gasteiger partial charge on any atom is -0.497 e. The Labute approximate surface area is 128 Å². The van der Waals surface area contributed by atoms with E-state index < -0.39 is 0 Å². The third kappa shape index (κ3) is 3.21. The summed E-state index contributed by atoms with van der Waals surface area (Å²) in [5.74, 6) is 0.735. The predicted molar refractivity (Wildman–Crippen MR) is 88.4 cm³/mol. The number of methoxy groups -OCH3 is 1. The molecule has 0 spiro atoms. The number of anilines is 2. The number of nitrogens with two attached hydrogens (primary N) is 1. The van der Waals surface area contributed by atoms with Crippen molar-refractivity contribution in [3.63, 3.8) is 0 Å². The van der Waals surface area contributed by atoms with Crippen molar-refractivity contribution in [2.75, 3.05) is 12.4 Å². The summed E-state index contributed by atoms with van der Waals surface area (Å²) in [5, 5.41) is 4.02. The Morgan fingerprint density at radius 2 is 1.95 bits per heavy atom. The molecular weight excluding hydrogens is 292 g/mol. The molecule has 0 aliphatic rings. The summed E-state index contributed by atoms with van der Waals surface area (Å²) in [6, 6.07) is 11.2. The Morgan fingerprint density at radius 3 is 2.55 bits per heavy atom. The van der Waals surface area contributed by atoms with E-state index in [0.717, 1.165) is 28.3 Å². The van der Waals surface area contributed by atoms with E-state index in [1.54, 1.807) is 7.11 Å². The Bertz CT molecular complexity index is 658. The molecule has 0 atom stereocenters. The van der Waals surface area contributed by atoms with Crippen LogP contribution in [0.5, 0.6) is 5.75 Å². The number of ether oxygens (including phenoxy) is 1. The van der Waals surface area contributed by atoms with Gasteiger partial charge >= 0.3 is 0 Å². The molecule has 0 heterocycles. The van der Waals surface area contributed by atoms with Crippen LogP contribution >= 0.6 is 23.8 Å². The summed E-state index contributed by atoms with van der Waals surface area (Å²) in [5.41, 5.74) is 9.31. The molecule has 0 aliphatic carbocycles. The van der Waals surface area contributed by atoms with E-state index >= 15 is 0 Å². The average molecular weight is 307 g/mol. The van der Waals surface area contributed by atoms with Crippen molar-refractivity contribution in [1.29, 1.82) is 0 Å². The SMILES string of the molecule is COc1ccc(C(N)=S)c(Nc2ccc(Cl)cc2C)c1. The first-order valence-electron chi connectivity index (χ1n) is 6.02. The lowest BCUT2D eigenvalue weighted by Crippen LogP contribution is -2.12. The normalized spacial score (nSPS) is 10.2. The van der Waals surface area contributed by atoms with E-state index in [1.807, 2.05) is 43.3 Å². The molecule has 104 valence electrons. The minimum atomic E-state index is 0.335. The molecule has 5 heteroatoms. The highest BCUT2D eigenvalue weighted by Gasteiger charge is 2.08. The van der Waals surface area contributed by atoms with Gasteiger partial charge in [0.1, 0.15) is 10.7 Å². The zero-order valence-corrected chi connectivity index (χ0v) is 12.8. The van der Waals surface area contributed by atoms with Crippen LogP contribution in [0, 0.1) is 6.92 Å². The number of benzene rings is 2. The third-order valence-corrected chi connectivity index (χ3v) is 3.40. The van der Waals surface area contributed by atoms with Gasteiger partial charge in [0.25, 0.3) is 0 Å². The molecule has 0 radical (unpaired) electrons. The lowest BCUT2D eigenvalue weighted by Gasteiger charge is -2.14. The molecule has 0 amide bonds. The summed E-state index contributed by atoms with van der Waals surface area (Å²) < 4.78 is 5.23. The van der Waals surface area contributed by atoms with Gasteiger partial charge in [-0.1, -0.05) is 23.8 Å². The van der Waals surface area contributed by atoms with Crippen LogP contribution in [0.4, 0.5) is 11.4 Å². The first-order chi connectivity index (χ1) is 9.51. The van der Waals surface area contributed by atoms with Gasteiger partial charge in [-0.25, -0.2) is 0 Å². The Morgan fingerprint density at radius 1 is 1.20 bits per heavy atom.